The van der Waals surface area contributed by atoms with Crippen molar-refractivity contribution in [3.05, 3.63) is 23.8 Å². The van der Waals surface area contributed by atoms with Crippen LogP contribution in [0.25, 0.3) is 0 Å². The third kappa shape index (κ3) is 3.32. The lowest BCUT2D eigenvalue weighted by molar-refractivity contribution is -0.121. The van der Waals surface area contributed by atoms with Gasteiger partial charge in [0, 0.05) is 30.9 Å². The fraction of sp³-hybridized carbons (Fsp3) is 0.429. The molecule has 1 saturated heterocycles. The summed E-state index contributed by atoms with van der Waals surface area (Å²) in [5, 5.41) is 8.77. The van der Waals surface area contributed by atoms with E-state index in [0.717, 1.165) is 24.3 Å². The summed E-state index contributed by atoms with van der Waals surface area (Å²) in [5.74, 6) is 0.0402. The summed E-state index contributed by atoms with van der Waals surface area (Å²) < 4.78 is 0. The highest BCUT2D eigenvalue weighted by molar-refractivity contribution is 5.96. The van der Waals surface area contributed by atoms with Crippen LogP contribution in [-0.2, 0) is 9.59 Å². The van der Waals surface area contributed by atoms with E-state index in [0.29, 0.717) is 12.1 Å². The van der Waals surface area contributed by atoms with Crippen LogP contribution in [0.15, 0.2) is 18.2 Å². The highest BCUT2D eigenvalue weighted by Crippen LogP contribution is 2.21. The van der Waals surface area contributed by atoms with Crippen molar-refractivity contribution < 1.29 is 9.59 Å². The van der Waals surface area contributed by atoms with Crippen molar-refractivity contribution >= 4 is 23.2 Å². The minimum Gasteiger partial charge on any atom is -0.326 e. The zero-order valence-electron chi connectivity index (χ0n) is 11.2. The minimum atomic E-state index is -0.0377. The summed E-state index contributed by atoms with van der Waals surface area (Å²) in [6, 6.07) is 5.52. The van der Waals surface area contributed by atoms with Crippen molar-refractivity contribution in [3.63, 3.8) is 0 Å². The Hall–Kier alpha value is -1.88. The fourth-order valence-corrected chi connectivity index (χ4v) is 1.79. The average Bonchev–Trinajstić information content (AvgIpc) is 2.31. The Balaban J connectivity index is 2.07. The Morgan fingerprint density at radius 2 is 2.05 bits per heavy atom. The molecule has 1 aliphatic heterocycles. The number of hydrogen-bond donors (Lipinski definition) is 3. The molecule has 0 spiro atoms. The standard InChI is InChI=1S/C14H19N3O2/c1-3-13(18)16-11-5-4-9(2)12(6-11)17-14(19)10-7-15-8-10/h4-6,10,15H,3,7-8H2,1-2H3,(H,16,18)(H,17,19). The molecule has 1 fully saturated rings. The highest BCUT2D eigenvalue weighted by atomic mass is 16.2. The van der Waals surface area contributed by atoms with Crippen LogP contribution in [0.2, 0.25) is 0 Å². The number of benzene rings is 1. The van der Waals surface area contributed by atoms with Gasteiger partial charge in [-0.15, -0.1) is 0 Å². The van der Waals surface area contributed by atoms with Gasteiger partial charge in [-0.25, -0.2) is 0 Å². The van der Waals surface area contributed by atoms with Gasteiger partial charge in [0.15, 0.2) is 0 Å². The minimum absolute atomic E-state index is 0.0285. The van der Waals surface area contributed by atoms with E-state index >= 15 is 0 Å². The Kier molecular flexibility index (Phi) is 4.16. The molecular formula is C14H19N3O2. The van der Waals surface area contributed by atoms with E-state index < -0.39 is 0 Å². The summed E-state index contributed by atoms with van der Waals surface area (Å²) in [6.45, 7) is 5.20. The lowest BCUT2D eigenvalue weighted by Gasteiger charge is -2.26. The summed E-state index contributed by atoms with van der Waals surface area (Å²) in [6.07, 6.45) is 0.434. The Labute approximate surface area is 112 Å². The molecule has 0 unspecified atom stereocenters. The Morgan fingerprint density at radius 3 is 2.63 bits per heavy atom. The number of rotatable bonds is 4. The molecular weight excluding hydrogens is 242 g/mol. The normalized spacial score (nSPS) is 14.6. The SMILES string of the molecule is CCC(=O)Nc1ccc(C)c(NC(=O)C2CNC2)c1. The van der Waals surface area contributed by atoms with Crippen LogP contribution < -0.4 is 16.0 Å². The van der Waals surface area contributed by atoms with Gasteiger partial charge in [0.1, 0.15) is 0 Å². The molecule has 0 radical (unpaired) electrons. The molecule has 102 valence electrons. The molecule has 5 heteroatoms. The first kappa shape index (κ1) is 13.5. The van der Waals surface area contributed by atoms with Gasteiger partial charge in [-0.3, -0.25) is 9.59 Å². The maximum atomic E-state index is 11.9. The van der Waals surface area contributed by atoms with E-state index in [-0.39, 0.29) is 17.7 Å². The number of aryl methyl sites for hydroxylation is 1. The second-order valence-corrected chi connectivity index (χ2v) is 4.78. The van der Waals surface area contributed by atoms with Crippen molar-refractivity contribution in [2.75, 3.05) is 23.7 Å². The topological polar surface area (TPSA) is 70.2 Å². The van der Waals surface area contributed by atoms with Gasteiger partial charge in [0.25, 0.3) is 0 Å². The lowest BCUT2D eigenvalue weighted by atomic mass is 10.0. The van der Waals surface area contributed by atoms with Gasteiger partial charge in [-0.05, 0) is 24.6 Å². The number of hydrogen-bond acceptors (Lipinski definition) is 3. The molecule has 3 N–H and O–H groups in total. The lowest BCUT2D eigenvalue weighted by Crippen LogP contribution is -2.48. The third-order valence-corrected chi connectivity index (χ3v) is 3.25. The molecule has 0 aliphatic carbocycles. The molecule has 0 bridgehead atoms. The molecule has 0 saturated carbocycles. The maximum Gasteiger partial charge on any atom is 0.230 e. The van der Waals surface area contributed by atoms with Crippen LogP contribution in [-0.4, -0.2) is 24.9 Å². The van der Waals surface area contributed by atoms with E-state index in [4.69, 9.17) is 0 Å². The van der Waals surface area contributed by atoms with Crippen LogP contribution in [0.4, 0.5) is 11.4 Å². The van der Waals surface area contributed by atoms with Gasteiger partial charge in [-0.1, -0.05) is 13.0 Å². The molecule has 2 rings (SSSR count). The first-order valence-electron chi connectivity index (χ1n) is 6.52. The number of anilines is 2. The first-order chi connectivity index (χ1) is 9.10. The fourth-order valence-electron chi connectivity index (χ4n) is 1.79. The monoisotopic (exact) mass is 261 g/mol. The van der Waals surface area contributed by atoms with Gasteiger partial charge in [0.2, 0.25) is 11.8 Å². The maximum absolute atomic E-state index is 11.9. The summed E-state index contributed by atoms with van der Waals surface area (Å²) in [7, 11) is 0. The van der Waals surface area contributed by atoms with E-state index in [1.807, 2.05) is 19.1 Å². The van der Waals surface area contributed by atoms with E-state index in [2.05, 4.69) is 16.0 Å². The summed E-state index contributed by atoms with van der Waals surface area (Å²) in [4.78, 5) is 23.3. The molecule has 0 atom stereocenters. The second-order valence-electron chi connectivity index (χ2n) is 4.78. The quantitative estimate of drug-likeness (QED) is 0.769. The highest BCUT2D eigenvalue weighted by Gasteiger charge is 2.25. The molecule has 1 aromatic rings. The smallest absolute Gasteiger partial charge is 0.230 e. The first-order valence-corrected chi connectivity index (χ1v) is 6.52. The number of nitrogens with one attached hydrogen (secondary N) is 3. The zero-order valence-corrected chi connectivity index (χ0v) is 11.2. The number of carbonyl (C=O) groups is 2. The van der Waals surface area contributed by atoms with Gasteiger partial charge < -0.3 is 16.0 Å². The predicted molar refractivity (Wildman–Crippen MR) is 75.1 cm³/mol. The van der Waals surface area contributed by atoms with Crippen LogP contribution in [0.1, 0.15) is 18.9 Å². The predicted octanol–water partition coefficient (Wildman–Crippen LogP) is 1.50. The van der Waals surface area contributed by atoms with E-state index in [1.165, 1.54) is 0 Å². The van der Waals surface area contributed by atoms with E-state index in [1.54, 1.807) is 13.0 Å². The molecule has 2 amide bonds. The number of carbonyl (C=O) groups excluding carboxylic acids is 2. The van der Waals surface area contributed by atoms with Gasteiger partial charge in [0.05, 0.1) is 5.92 Å². The van der Waals surface area contributed by atoms with Crippen LogP contribution in [0.5, 0.6) is 0 Å². The molecule has 5 nitrogen and oxygen atoms in total. The van der Waals surface area contributed by atoms with Crippen molar-refractivity contribution in [2.45, 2.75) is 20.3 Å². The molecule has 0 aromatic heterocycles. The van der Waals surface area contributed by atoms with Crippen molar-refractivity contribution in [2.24, 2.45) is 5.92 Å². The summed E-state index contributed by atoms with van der Waals surface area (Å²) in [5.41, 5.74) is 2.44. The number of amides is 2. The largest absolute Gasteiger partial charge is 0.326 e. The van der Waals surface area contributed by atoms with Crippen LogP contribution in [0, 0.1) is 12.8 Å². The Morgan fingerprint density at radius 1 is 1.32 bits per heavy atom. The van der Waals surface area contributed by atoms with Crippen molar-refractivity contribution in [1.29, 1.82) is 0 Å². The van der Waals surface area contributed by atoms with Gasteiger partial charge >= 0.3 is 0 Å². The van der Waals surface area contributed by atoms with Crippen molar-refractivity contribution in [3.8, 4) is 0 Å². The van der Waals surface area contributed by atoms with Crippen molar-refractivity contribution in [1.82, 2.24) is 5.32 Å². The molecule has 1 aliphatic rings. The Bertz CT molecular complexity index is 495. The average molecular weight is 261 g/mol. The van der Waals surface area contributed by atoms with Crippen LogP contribution in [0.3, 0.4) is 0 Å². The second kappa shape index (κ2) is 5.84. The molecule has 1 aromatic carbocycles. The molecule has 1 heterocycles. The zero-order chi connectivity index (χ0) is 13.8. The summed E-state index contributed by atoms with van der Waals surface area (Å²) >= 11 is 0. The third-order valence-electron chi connectivity index (χ3n) is 3.25. The molecule has 19 heavy (non-hydrogen) atoms. The van der Waals surface area contributed by atoms with Crippen LogP contribution >= 0.6 is 0 Å². The van der Waals surface area contributed by atoms with E-state index in [9.17, 15) is 9.59 Å². The van der Waals surface area contributed by atoms with Gasteiger partial charge in [-0.2, -0.15) is 0 Å².